The molecule has 1 atom stereocenters. The number of ether oxygens (including phenoxy) is 2. The minimum absolute atomic E-state index is 0.293. The molecule has 1 aliphatic rings. The van der Waals surface area contributed by atoms with Crippen LogP contribution >= 0.6 is 0 Å². The van der Waals surface area contributed by atoms with E-state index in [1.165, 1.54) is 19.2 Å². The molecule has 1 aliphatic heterocycles. The van der Waals surface area contributed by atoms with E-state index in [4.69, 9.17) is 9.47 Å². The summed E-state index contributed by atoms with van der Waals surface area (Å²) in [5, 5.41) is 5.50. The van der Waals surface area contributed by atoms with Crippen LogP contribution in [0.25, 0.3) is 0 Å². The van der Waals surface area contributed by atoms with Crippen molar-refractivity contribution in [2.45, 2.75) is 32.4 Å². The van der Waals surface area contributed by atoms with Gasteiger partial charge >= 0.3 is 12.0 Å². The molecule has 2 aromatic rings. The maximum atomic E-state index is 13.0. The fourth-order valence-corrected chi connectivity index (χ4v) is 3.17. The molecule has 7 heteroatoms. The molecule has 2 amide bonds. The number of halogens is 1. The van der Waals surface area contributed by atoms with Crippen LogP contribution in [-0.4, -0.2) is 19.1 Å². The van der Waals surface area contributed by atoms with Gasteiger partial charge in [0.25, 0.3) is 0 Å². The van der Waals surface area contributed by atoms with E-state index in [1.807, 2.05) is 6.92 Å². The number of hydrogen-bond acceptors (Lipinski definition) is 4. The number of esters is 1. The number of nitrogens with one attached hydrogen (secondary N) is 2. The second kappa shape index (κ2) is 9.23. The van der Waals surface area contributed by atoms with Crippen molar-refractivity contribution in [1.82, 2.24) is 10.6 Å². The molecule has 0 aromatic heterocycles. The topological polar surface area (TPSA) is 76.7 Å². The molecule has 0 radical (unpaired) electrons. The summed E-state index contributed by atoms with van der Waals surface area (Å²) in [5.74, 6) is -0.155. The largest absolute Gasteiger partial charge is 0.489 e. The molecular weight excluding hydrogens is 375 g/mol. The molecule has 29 heavy (non-hydrogen) atoms. The lowest BCUT2D eigenvalue weighted by Crippen LogP contribution is -2.45. The molecule has 1 heterocycles. The molecule has 0 saturated carbocycles. The van der Waals surface area contributed by atoms with Gasteiger partial charge in [-0.25, -0.2) is 14.0 Å². The molecule has 2 aromatic carbocycles. The molecule has 1 unspecified atom stereocenters. The van der Waals surface area contributed by atoms with Crippen molar-refractivity contribution in [3.8, 4) is 5.75 Å². The monoisotopic (exact) mass is 398 g/mol. The predicted molar refractivity (Wildman–Crippen MR) is 106 cm³/mol. The summed E-state index contributed by atoms with van der Waals surface area (Å²) in [6, 6.07) is 12.3. The number of hydrogen-bond donors (Lipinski definition) is 2. The smallest absolute Gasteiger partial charge is 0.337 e. The molecule has 3 rings (SSSR count). The molecule has 2 N–H and O–H groups in total. The van der Waals surface area contributed by atoms with Gasteiger partial charge in [0.1, 0.15) is 18.2 Å². The number of methoxy groups -OCH3 is 1. The van der Waals surface area contributed by atoms with Crippen LogP contribution in [-0.2, 0) is 16.1 Å². The average Bonchev–Trinajstić information content (AvgIpc) is 2.73. The lowest BCUT2D eigenvalue weighted by molar-refractivity contribution is -0.136. The molecule has 152 valence electrons. The maximum absolute atomic E-state index is 13.0. The standard InChI is InChI=1S/C22H23FN2O4/c1-3-4-18-19(21(26)28-2)20(25-22(27)24-18)15-7-11-17(12-8-15)29-13-14-5-9-16(23)10-6-14/h5-12,20H,3-4,13H2,1-2H3,(H2,24,25,27). The van der Waals surface area contributed by atoms with Crippen LogP contribution in [0, 0.1) is 5.82 Å². The Kier molecular flexibility index (Phi) is 6.49. The maximum Gasteiger partial charge on any atom is 0.337 e. The Hall–Kier alpha value is -3.35. The normalized spacial score (nSPS) is 16.1. The van der Waals surface area contributed by atoms with E-state index < -0.39 is 12.0 Å². The highest BCUT2D eigenvalue weighted by molar-refractivity contribution is 5.95. The summed E-state index contributed by atoms with van der Waals surface area (Å²) in [6.45, 7) is 2.27. The highest BCUT2D eigenvalue weighted by Crippen LogP contribution is 2.30. The molecule has 6 nitrogen and oxygen atoms in total. The van der Waals surface area contributed by atoms with Gasteiger partial charge in [0.05, 0.1) is 18.7 Å². The average molecular weight is 398 g/mol. The Balaban J connectivity index is 1.79. The van der Waals surface area contributed by atoms with Gasteiger partial charge in [0.15, 0.2) is 0 Å². The van der Waals surface area contributed by atoms with E-state index >= 15 is 0 Å². The number of rotatable bonds is 7. The second-order valence-corrected chi connectivity index (χ2v) is 6.65. The fraction of sp³-hybridized carbons (Fsp3) is 0.273. The van der Waals surface area contributed by atoms with Crippen molar-refractivity contribution < 1.29 is 23.5 Å². The third-order valence-electron chi connectivity index (χ3n) is 4.59. The van der Waals surface area contributed by atoms with Crippen molar-refractivity contribution in [3.63, 3.8) is 0 Å². The van der Waals surface area contributed by atoms with Crippen LogP contribution in [0.3, 0.4) is 0 Å². The van der Waals surface area contributed by atoms with Gasteiger partial charge in [-0.05, 0) is 41.8 Å². The van der Waals surface area contributed by atoms with Gasteiger partial charge in [0, 0.05) is 5.70 Å². The Morgan fingerprint density at radius 3 is 2.41 bits per heavy atom. The highest BCUT2D eigenvalue weighted by Gasteiger charge is 2.32. The van der Waals surface area contributed by atoms with Crippen molar-refractivity contribution in [2.24, 2.45) is 0 Å². The lowest BCUT2D eigenvalue weighted by Gasteiger charge is -2.29. The minimum Gasteiger partial charge on any atom is -0.489 e. The van der Waals surface area contributed by atoms with E-state index in [0.29, 0.717) is 30.0 Å². The zero-order valence-corrected chi connectivity index (χ0v) is 16.3. The van der Waals surface area contributed by atoms with Gasteiger partial charge in [0.2, 0.25) is 0 Å². The third kappa shape index (κ3) is 4.93. The Bertz CT molecular complexity index is 907. The van der Waals surface area contributed by atoms with E-state index in [2.05, 4.69) is 10.6 Å². The van der Waals surface area contributed by atoms with Crippen LogP contribution in [0.4, 0.5) is 9.18 Å². The van der Waals surface area contributed by atoms with Crippen LogP contribution < -0.4 is 15.4 Å². The molecule has 0 bridgehead atoms. The quantitative estimate of drug-likeness (QED) is 0.692. The molecule has 0 aliphatic carbocycles. The molecule has 0 fully saturated rings. The first-order valence-electron chi connectivity index (χ1n) is 9.38. The van der Waals surface area contributed by atoms with Crippen molar-refractivity contribution in [1.29, 1.82) is 0 Å². The molecule has 0 saturated heterocycles. The molecule has 0 spiro atoms. The third-order valence-corrected chi connectivity index (χ3v) is 4.59. The second-order valence-electron chi connectivity index (χ2n) is 6.65. The van der Waals surface area contributed by atoms with Gasteiger partial charge in [-0.1, -0.05) is 37.6 Å². The molecular formula is C22H23FN2O4. The van der Waals surface area contributed by atoms with Gasteiger partial charge in [-0.15, -0.1) is 0 Å². The van der Waals surface area contributed by atoms with Crippen molar-refractivity contribution in [3.05, 3.63) is 76.7 Å². The number of carbonyl (C=O) groups is 2. The summed E-state index contributed by atoms with van der Waals surface area (Å²) >= 11 is 0. The van der Waals surface area contributed by atoms with Crippen molar-refractivity contribution in [2.75, 3.05) is 7.11 Å². The van der Waals surface area contributed by atoms with Crippen LogP contribution in [0.1, 0.15) is 36.9 Å². The Labute approximate surface area is 168 Å². The fourth-order valence-electron chi connectivity index (χ4n) is 3.17. The first-order valence-corrected chi connectivity index (χ1v) is 9.38. The van der Waals surface area contributed by atoms with Gasteiger partial charge in [-0.3, -0.25) is 0 Å². The van der Waals surface area contributed by atoms with E-state index in [1.54, 1.807) is 36.4 Å². The SMILES string of the molecule is CCCC1=C(C(=O)OC)C(c2ccc(OCc3ccc(F)cc3)cc2)NC(=O)N1. The van der Waals surface area contributed by atoms with Crippen LogP contribution in [0.5, 0.6) is 5.75 Å². The number of benzene rings is 2. The van der Waals surface area contributed by atoms with Crippen LogP contribution in [0.15, 0.2) is 59.8 Å². The van der Waals surface area contributed by atoms with Gasteiger partial charge in [-0.2, -0.15) is 0 Å². The van der Waals surface area contributed by atoms with E-state index in [0.717, 1.165) is 17.5 Å². The zero-order valence-electron chi connectivity index (χ0n) is 16.3. The van der Waals surface area contributed by atoms with Gasteiger partial charge < -0.3 is 20.1 Å². The summed E-state index contributed by atoms with van der Waals surface area (Å²) in [4.78, 5) is 24.4. The van der Waals surface area contributed by atoms with Crippen molar-refractivity contribution >= 4 is 12.0 Å². The predicted octanol–water partition coefficient (Wildman–Crippen LogP) is 3.99. The number of carbonyl (C=O) groups excluding carboxylic acids is 2. The number of urea groups is 1. The minimum atomic E-state index is -0.608. The highest BCUT2D eigenvalue weighted by atomic mass is 19.1. The summed E-state index contributed by atoms with van der Waals surface area (Å²) in [5.41, 5.74) is 2.56. The van der Waals surface area contributed by atoms with E-state index in [-0.39, 0.29) is 11.8 Å². The van der Waals surface area contributed by atoms with Crippen LogP contribution in [0.2, 0.25) is 0 Å². The summed E-state index contributed by atoms with van der Waals surface area (Å²) in [7, 11) is 1.32. The number of allylic oxidation sites excluding steroid dienone is 1. The van der Waals surface area contributed by atoms with E-state index in [9.17, 15) is 14.0 Å². The summed E-state index contributed by atoms with van der Waals surface area (Å²) in [6.07, 6.45) is 1.34. The first kappa shape index (κ1) is 20.4. The lowest BCUT2D eigenvalue weighted by atomic mass is 9.94. The number of amides is 2. The Morgan fingerprint density at radius 2 is 1.79 bits per heavy atom. The summed E-state index contributed by atoms with van der Waals surface area (Å²) < 4.78 is 23.6. The first-order chi connectivity index (χ1) is 14.0. The zero-order chi connectivity index (χ0) is 20.8. The Morgan fingerprint density at radius 1 is 1.10 bits per heavy atom.